The number of nitrogens with zero attached hydrogens (tertiary/aromatic N) is 6. The highest BCUT2D eigenvalue weighted by Crippen LogP contribution is 2.27. The molecule has 1 saturated heterocycles. The summed E-state index contributed by atoms with van der Waals surface area (Å²) in [6.45, 7) is 4.47. The number of fused-ring (bicyclic) bond motifs is 1. The van der Waals surface area contributed by atoms with Gasteiger partial charge in [-0.3, -0.25) is 9.59 Å². The van der Waals surface area contributed by atoms with Crippen LogP contribution in [0.1, 0.15) is 25.1 Å². The molecule has 16 heteroatoms. The second-order valence-corrected chi connectivity index (χ2v) is 8.78. The van der Waals surface area contributed by atoms with Gasteiger partial charge in [-0.05, 0) is 17.7 Å². The van der Waals surface area contributed by atoms with Crippen LogP contribution in [0.2, 0.25) is 0 Å². The number of benzene rings is 1. The molecule has 0 unspecified atom stereocenters. The predicted molar refractivity (Wildman–Crippen MR) is 145 cm³/mol. The molecule has 0 saturated carbocycles. The van der Waals surface area contributed by atoms with Crippen molar-refractivity contribution in [3.8, 4) is 5.75 Å². The minimum atomic E-state index is -0.750. The molecule has 230 valence electrons. The lowest BCUT2D eigenvalue weighted by molar-refractivity contribution is -0.197. The third-order valence-electron chi connectivity index (χ3n) is 5.87. The average molecular weight is 593 g/mol. The van der Waals surface area contributed by atoms with Crippen LogP contribution < -0.4 is 4.74 Å². The third-order valence-corrected chi connectivity index (χ3v) is 5.87. The molecule has 0 radical (unpaired) electrons. The fraction of sp³-hybridized carbons (Fsp3) is 0.615. The van der Waals surface area contributed by atoms with Gasteiger partial charge in [0.15, 0.2) is 0 Å². The van der Waals surface area contributed by atoms with Crippen LogP contribution in [0.3, 0.4) is 0 Å². The van der Waals surface area contributed by atoms with E-state index in [2.05, 4.69) is 15.0 Å². The minimum absolute atomic E-state index is 0.0126. The zero-order valence-electron chi connectivity index (χ0n) is 23.6. The number of imidazole rings is 1. The van der Waals surface area contributed by atoms with E-state index in [9.17, 15) is 14.4 Å². The lowest BCUT2D eigenvalue weighted by Gasteiger charge is -2.13. The molecule has 3 rings (SSSR count). The zero-order chi connectivity index (χ0) is 30.0. The van der Waals surface area contributed by atoms with Crippen molar-refractivity contribution < 1.29 is 47.6 Å². The van der Waals surface area contributed by atoms with Crippen LogP contribution in [-0.2, 0) is 56.0 Å². The first kappa shape index (κ1) is 32.7. The fourth-order valence-corrected chi connectivity index (χ4v) is 3.87. The Kier molecular flexibility index (Phi) is 14.5. The minimum Gasteiger partial charge on any atom is -0.489 e. The predicted octanol–water partition coefficient (Wildman–Crippen LogP) is 1.94. The summed E-state index contributed by atoms with van der Waals surface area (Å²) in [6, 6.07) is 5.32. The van der Waals surface area contributed by atoms with Gasteiger partial charge in [-0.15, -0.1) is 5.06 Å². The topological polar surface area (TPSA) is 186 Å². The van der Waals surface area contributed by atoms with E-state index in [1.54, 1.807) is 29.9 Å². The van der Waals surface area contributed by atoms with Crippen LogP contribution in [0.5, 0.6) is 5.75 Å². The Labute approximate surface area is 242 Å². The molecule has 1 aliphatic rings. The Bertz CT molecular complexity index is 1200. The number of hydrogen-bond donors (Lipinski definition) is 0. The van der Waals surface area contributed by atoms with E-state index in [1.807, 2.05) is 0 Å². The normalized spacial score (nSPS) is 13.1. The average Bonchev–Trinajstić information content (AvgIpc) is 3.51. The number of imide groups is 1. The lowest BCUT2D eigenvalue weighted by Crippen LogP contribution is -2.32. The number of hydroxylamine groups is 2. The van der Waals surface area contributed by atoms with Gasteiger partial charge in [0.25, 0.3) is 11.8 Å². The molecule has 1 aromatic carbocycles. The van der Waals surface area contributed by atoms with Crippen LogP contribution in [0.25, 0.3) is 21.5 Å². The first-order chi connectivity index (χ1) is 20.5. The first-order valence-corrected chi connectivity index (χ1v) is 13.5. The summed E-state index contributed by atoms with van der Waals surface area (Å²) < 4.78 is 34.2. The summed E-state index contributed by atoms with van der Waals surface area (Å²) in [5.41, 5.74) is 9.96. The summed E-state index contributed by atoms with van der Waals surface area (Å²) in [4.78, 5) is 48.1. The van der Waals surface area contributed by atoms with Crippen molar-refractivity contribution in [2.45, 2.75) is 32.4 Å². The van der Waals surface area contributed by atoms with E-state index in [0.29, 0.717) is 87.1 Å². The molecule has 1 aromatic heterocycles. The maximum absolute atomic E-state index is 12.3. The van der Waals surface area contributed by atoms with E-state index in [0.717, 1.165) is 0 Å². The molecule has 1 aliphatic heterocycles. The van der Waals surface area contributed by atoms with Gasteiger partial charge >= 0.3 is 5.97 Å². The van der Waals surface area contributed by atoms with Crippen LogP contribution in [0, 0.1) is 0 Å². The van der Waals surface area contributed by atoms with Gasteiger partial charge in [-0.25, -0.2) is 9.78 Å². The van der Waals surface area contributed by atoms with Crippen LogP contribution in [-0.4, -0.2) is 106 Å². The second kappa shape index (κ2) is 18.6. The smallest absolute Gasteiger partial charge is 0.335 e. The fourth-order valence-electron chi connectivity index (χ4n) is 3.87. The molecule has 2 heterocycles. The second-order valence-electron chi connectivity index (χ2n) is 8.78. The number of para-hydroxylation sites is 1. The number of hydrogen-bond acceptors (Lipinski definition) is 12. The largest absolute Gasteiger partial charge is 0.489 e. The number of rotatable bonds is 22. The molecular formula is C26H36N6O10. The zero-order valence-corrected chi connectivity index (χ0v) is 23.6. The van der Waals surface area contributed by atoms with E-state index < -0.39 is 17.8 Å². The highest BCUT2D eigenvalue weighted by atomic mass is 16.7. The van der Waals surface area contributed by atoms with Crippen molar-refractivity contribution in [2.24, 2.45) is 5.11 Å². The molecule has 42 heavy (non-hydrogen) atoms. The van der Waals surface area contributed by atoms with E-state index in [1.165, 1.54) is 0 Å². The summed E-state index contributed by atoms with van der Waals surface area (Å²) in [6.07, 6.45) is -0.125. The Morgan fingerprint density at radius 3 is 2.12 bits per heavy atom. The van der Waals surface area contributed by atoms with Crippen LogP contribution in [0.15, 0.2) is 23.3 Å². The Balaban J connectivity index is 1.41. The molecule has 2 amide bonds. The lowest BCUT2D eigenvalue weighted by atomic mass is 10.3. The maximum Gasteiger partial charge on any atom is 0.335 e. The summed E-state index contributed by atoms with van der Waals surface area (Å²) in [5, 5.41) is 4.10. The third kappa shape index (κ3) is 10.6. The highest BCUT2D eigenvalue weighted by molar-refractivity contribution is 6.01. The number of aromatic nitrogens is 2. The van der Waals surface area contributed by atoms with Crippen LogP contribution >= 0.6 is 0 Å². The van der Waals surface area contributed by atoms with Crippen molar-refractivity contribution in [1.82, 2.24) is 14.6 Å². The van der Waals surface area contributed by atoms with Gasteiger partial charge in [-0.1, -0.05) is 11.2 Å². The number of amides is 2. The Morgan fingerprint density at radius 2 is 1.52 bits per heavy atom. The van der Waals surface area contributed by atoms with Crippen molar-refractivity contribution >= 4 is 28.8 Å². The molecule has 2 aromatic rings. The van der Waals surface area contributed by atoms with Crippen molar-refractivity contribution in [1.29, 1.82) is 0 Å². The van der Waals surface area contributed by atoms with Crippen molar-refractivity contribution in [3.63, 3.8) is 0 Å². The van der Waals surface area contributed by atoms with Gasteiger partial charge in [0.1, 0.15) is 23.7 Å². The molecule has 0 aliphatic carbocycles. The van der Waals surface area contributed by atoms with Gasteiger partial charge in [0.2, 0.25) is 0 Å². The number of methoxy groups -OCH3 is 1. The quantitative estimate of drug-likeness (QED) is 0.0639. The van der Waals surface area contributed by atoms with E-state index in [-0.39, 0.29) is 39.0 Å². The van der Waals surface area contributed by atoms with Gasteiger partial charge in [0.05, 0.1) is 77.9 Å². The Morgan fingerprint density at radius 1 is 0.929 bits per heavy atom. The first-order valence-electron chi connectivity index (χ1n) is 13.5. The summed E-state index contributed by atoms with van der Waals surface area (Å²) in [5.74, 6) is -0.946. The summed E-state index contributed by atoms with van der Waals surface area (Å²) in [7, 11) is 1.62. The standard InChI is InChI=1S/C26H36N6O10/c1-36-9-10-37-11-12-38-13-14-39-15-16-40-17-18-41-21-4-2-3-20-26(21)29-22(19-28-30-27)31(20)8-7-25(35)42-32-23(33)5-6-24(32)34/h2-4H,5-19H2,1H3. The molecule has 0 bridgehead atoms. The van der Waals surface area contributed by atoms with Crippen molar-refractivity contribution in [2.75, 3.05) is 73.2 Å². The SMILES string of the molecule is COCCOCCOCCOCCOCCOc1cccc2c1nc(CN=[N+]=[N-])n2CCC(=O)ON1C(=O)CCC1=O. The number of aryl methyl sites for hydroxylation is 1. The van der Waals surface area contributed by atoms with Gasteiger partial charge < -0.3 is 37.8 Å². The molecule has 0 atom stereocenters. The number of carbonyl (C=O) groups is 3. The molecule has 16 nitrogen and oxygen atoms in total. The highest BCUT2D eigenvalue weighted by Gasteiger charge is 2.32. The number of carbonyl (C=O) groups excluding carboxylic acids is 3. The maximum atomic E-state index is 12.3. The number of ether oxygens (including phenoxy) is 6. The molecule has 1 fully saturated rings. The van der Waals surface area contributed by atoms with Gasteiger partial charge in [-0.2, -0.15) is 0 Å². The van der Waals surface area contributed by atoms with E-state index >= 15 is 0 Å². The molecule has 0 spiro atoms. The summed E-state index contributed by atoms with van der Waals surface area (Å²) >= 11 is 0. The number of azide groups is 1. The van der Waals surface area contributed by atoms with E-state index in [4.69, 9.17) is 38.8 Å². The van der Waals surface area contributed by atoms with Crippen molar-refractivity contribution in [3.05, 3.63) is 34.5 Å². The monoisotopic (exact) mass is 592 g/mol. The molecular weight excluding hydrogens is 556 g/mol. The molecule has 0 N–H and O–H groups in total. The van der Waals surface area contributed by atoms with Crippen LogP contribution in [0.4, 0.5) is 0 Å². The van der Waals surface area contributed by atoms with Gasteiger partial charge in [0, 0.05) is 31.4 Å². The Hall–Kier alpha value is -3.79.